The van der Waals surface area contributed by atoms with Crippen molar-refractivity contribution in [3.63, 3.8) is 0 Å². The van der Waals surface area contributed by atoms with Crippen LogP contribution >= 0.6 is 0 Å². The summed E-state index contributed by atoms with van der Waals surface area (Å²) in [5.74, 6) is -1.44. The van der Waals surface area contributed by atoms with E-state index in [1.54, 1.807) is 36.8 Å². The average molecular weight is 475 g/mol. The van der Waals surface area contributed by atoms with Gasteiger partial charge in [-0.2, -0.15) is 0 Å². The first-order chi connectivity index (χ1) is 17.5. The number of aromatic nitrogens is 3. The second-order valence-electron chi connectivity index (χ2n) is 8.25. The van der Waals surface area contributed by atoms with Crippen molar-refractivity contribution in [2.45, 2.75) is 6.92 Å². The van der Waals surface area contributed by atoms with Gasteiger partial charge in [-0.15, -0.1) is 0 Å². The normalized spacial score (nSPS) is 10.7. The van der Waals surface area contributed by atoms with Crippen LogP contribution in [0.2, 0.25) is 0 Å². The number of nitrogens with one attached hydrogen (secondary N) is 2. The predicted octanol–water partition coefficient (Wildman–Crippen LogP) is 4.83. The van der Waals surface area contributed by atoms with E-state index in [0.29, 0.717) is 11.4 Å². The van der Waals surface area contributed by atoms with Crippen LogP contribution in [0, 0.1) is 6.92 Å². The lowest BCUT2D eigenvalue weighted by Gasteiger charge is -2.11. The molecular weight excluding hydrogens is 452 g/mol. The molecule has 0 bridgehead atoms. The molecule has 8 nitrogen and oxygen atoms in total. The van der Waals surface area contributed by atoms with E-state index in [2.05, 4.69) is 25.6 Å². The van der Waals surface area contributed by atoms with Gasteiger partial charge in [0.05, 0.1) is 17.6 Å². The van der Waals surface area contributed by atoms with Gasteiger partial charge >= 0.3 is 11.8 Å². The summed E-state index contributed by atoms with van der Waals surface area (Å²) in [4.78, 5) is 37.8. The van der Waals surface area contributed by atoms with Crippen molar-refractivity contribution >= 4 is 39.8 Å². The van der Waals surface area contributed by atoms with Gasteiger partial charge in [0.2, 0.25) is 0 Å². The van der Waals surface area contributed by atoms with Crippen molar-refractivity contribution in [1.82, 2.24) is 15.0 Å². The van der Waals surface area contributed by atoms with Gasteiger partial charge in [0.1, 0.15) is 5.82 Å². The highest BCUT2D eigenvalue weighted by Gasteiger charge is 2.16. The molecule has 0 radical (unpaired) electrons. The Kier molecular flexibility index (Phi) is 6.07. The smallest absolute Gasteiger partial charge is 0.315 e. The highest BCUT2D eigenvalue weighted by atomic mass is 16.2. The Labute approximate surface area is 207 Å². The third-order valence-electron chi connectivity index (χ3n) is 5.76. The first kappa shape index (κ1) is 22.7. The van der Waals surface area contributed by atoms with Gasteiger partial charge in [0.25, 0.3) is 0 Å². The second-order valence-corrected chi connectivity index (χ2v) is 8.25. The number of anilines is 3. The minimum atomic E-state index is -0.846. The van der Waals surface area contributed by atoms with E-state index in [1.807, 2.05) is 55.5 Å². The van der Waals surface area contributed by atoms with Crippen LogP contribution in [0.3, 0.4) is 0 Å². The molecule has 3 aromatic heterocycles. The minimum Gasteiger partial charge on any atom is -0.398 e. The quantitative estimate of drug-likeness (QED) is 0.253. The molecule has 0 aliphatic carbocycles. The van der Waals surface area contributed by atoms with E-state index in [9.17, 15) is 9.59 Å². The number of carbonyl (C=O) groups excluding carboxylic acids is 2. The summed E-state index contributed by atoms with van der Waals surface area (Å²) < 4.78 is 0. The van der Waals surface area contributed by atoms with Crippen molar-refractivity contribution in [1.29, 1.82) is 0 Å². The lowest BCUT2D eigenvalue weighted by atomic mass is 9.99. The third kappa shape index (κ3) is 4.74. The molecule has 2 aromatic carbocycles. The lowest BCUT2D eigenvalue weighted by molar-refractivity contribution is -0.133. The second kappa shape index (κ2) is 9.63. The van der Waals surface area contributed by atoms with E-state index >= 15 is 0 Å². The molecule has 0 saturated heterocycles. The summed E-state index contributed by atoms with van der Waals surface area (Å²) in [6.07, 6.45) is 6.60. The van der Waals surface area contributed by atoms with E-state index in [-0.39, 0.29) is 5.82 Å². The van der Waals surface area contributed by atoms with Gasteiger partial charge in [-0.05, 0) is 59.8 Å². The van der Waals surface area contributed by atoms with Crippen molar-refractivity contribution in [3.8, 4) is 22.4 Å². The molecule has 0 fully saturated rings. The summed E-state index contributed by atoms with van der Waals surface area (Å²) in [7, 11) is 0. The molecule has 8 heteroatoms. The standard InChI is InChI=1S/C28H22N6O2/c1-17-9-10-30-15-22(17)19-11-20-13-26(32-16-23(20)24(29)12-19)34-28(36)27(35)33-21-7-8-25(31-14-21)18-5-3-2-4-6-18/h2-16H,29H2,1H3,(H,33,35)(H,32,34,36). The number of benzene rings is 2. The first-order valence-corrected chi connectivity index (χ1v) is 11.2. The number of carbonyl (C=O) groups is 2. The average Bonchev–Trinajstić information content (AvgIpc) is 2.89. The lowest BCUT2D eigenvalue weighted by Crippen LogP contribution is -2.29. The fraction of sp³-hybridized carbons (Fsp3) is 0.0357. The number of aryl methyl sites for hydroxylation is 1. The Morgan fingerprint density at radius 1 is 0.806 bits per heavy atom. The molecule has 4 N–H and O–H groups in total. The number of pyridine rings is 3. The molecule has 0 spiro atoms. The van der Waals surface area contributed by atoms with Crippen molar-refractivity contribution in [2.24, 2.45) is 0 Å². The fourth-order valence-corrected chi connectivity index (χ4v) is 3.88. The van der Waals surface area contributed by atoms with Gasteiger partial charge in [-0.1, -0.05) is 30.3 Å². The number of nitrogens with zero attached hydrogens (tertiary/aromatic N) is 3. The van der Waals surface area contributed by atoms with Crippen LogP contribution in [0.25, 0.3) is 33.2 Å². The molecular formula is C28H22N6O2. The van der Waals surface area contributed by atoms with E-state index < -0.39 is 11.8 Å². The Hall–Kier alpha value is -5.11. The monoisotopic (exact) mass is 474 g/mol. The fourth-order valence-electron chi connectivity index (χ4n) is 3.88. The van der Waals surface area contributed by atoms with Crippen LogP contribution in [-0.4, -0.2) is 26.8 Å². The SMILES string of the molecule is Cc1ccncc1-c1cc(N)c2cnc(NC(=O)C(=O)Nc3ccc(-c4ccccc4)nc3)cc2c1. The van der Waals surface area contributed by atoms with Crippen molar-refractivity contribution < 1.29 is 9.59 Å². The van der Waals surface area contributed by atoms with E-state index in [4.69, 9.17) is 5.73 Å². The van der Waals surface area contributed by atoms with Crippen LogP contribution < -0.4 is 16.4 Å². The van der Waals surface area contributed by atoms with Crippen LogP contribution in [-0.2, 0) is 9.59 Å². The van der Waals surface area contributed by atoms with Crippen LogP contribution in [0.15, 0.2) is 91.5 Å². The zero-order valence-corrected chi connectivity index (χ0v) is 19.4. The maximum absolute atomic E-state index is 12.5. The number of fused-ring (bicyclic) bond motifs is 1. The number of amides is 2. The molecule has 36 heavy (non-hydrogen) atoms. The van der Waals surface area contributed by atoms with Gasteiger partial charge in [-0.25, -0.2) is 4.98 Å². The summed E-state index contributed by atoms with van der Waals surface area (Å²) >= 11 is 0. The molecule has 3 heterocycles. The summed E-state index contributed by atoms with van der Waals surface area (Å²) in [6.45, 7) is 2.00. The van der Waals surface area contributed by atoms with E-state index in [0.717, 1.165) is 38.7 Å². The first-order valence-electron chi connectivity index (χ1n) is 11.2. The van der Waals surface area contributed by atoms with Crippen molar-refractivity contribution in [2.75, 3.05) is 16.4 Å². The molecule has 2 amide bonds. The number of nitrogen functional groups attached to an aromatic ring is 1. The minimum absolute atomic E-state index is 0.236. The Morgan fingerprint density at radius 3 is 2.36 bits per heavy atom. The van der Waals surface area contributed by atoms with E-state index in [1.165, 1.54) is 6.20 Å². The Morgan fingerprint density at radius 2 is 1.61 bits per heavy atom. The molecule has 0 aliphatic rings. The van der Waals surface area contributed by atoms with Crippen LogP contribution in [0.4, 0.5) is 17.2 Å². The molecule has 176 valence electrons. The molecule has 0 atom stereocenters. The summed E-state index contributed by atoms with van der Waals surface area (Å²) in [6, 6.07) is 20.6. The summed E-state index contributed by atoms with van der Waals surface area (Å²) in [5.41, 5.74) is 11.9. The predicted molar refractivity (Wildman–Crippen MR) is 141 cm³/mol. The third-order valence-corrected chi connectivity index (χ3v) is 5.76. The van der Waals surface area contributed by atoms with Gasteiger partial charge in [0.15, 0.2) is 0 Å². The molecule has 5 rings (SSSR count). The Bertz CT molecular complexity index is 1580. The van der Waals surface area contributed by atoms with Crippen LogP contribution in [0.1, 0.15) is 5.56 Å². The molecule has 5 aromatic rings. The largest absolute Gasteiger partial charge is 0.398 e. The topological polar surface area (TPSA) is 123 Å². The van der Waals surface area contributed by atoms with Crippen LogP contribution in [0.5, 0.6) is 0 Å². The number of nitrogens with two attached hydrogens (primary N) is 1. The highest BCUT2D eigenvalue weighted by molar-refractivity contribution is 6.43. The Balaban J connectivity index is 1.31. The maximum atomic E-state index is 12.5. The number of rotatable bonds is 4. The molecule has 0 unspecified atom stereocenters. The summed E-state index contributed by atoms with van der Waals surface area (Å²) in [5, 5.41) is 6.62. The molecule has 0 aliphatic heterocycles. The number of hydrogen-bond donors (Lipinski definition) is 3. The molecule has 0 saturated carbocycles. The van der Waals surface area contributed by atoms with Crippen molar-refractivity contribution in [3.05, 3.63) is 97.1 Å². The van der Waals surface area contributed by atoms with Gasteiger partial charge in [0, 0.05) is 40.8 Å². The van der Waals surface area contributed by atoms with Gasteiger partial charge < -0.3 is 16.4 Å². The highest BCUT2D eigenvalue weighted by Crippen LogP contribution is 2.31. The number of hydrogen-bond acceptors (Lipinski definition) is 6. The van der Waals surface area contributed by atoms with Gasteiger partial charge in [-0.3, -0.25) is 19.6 Å². The zero-order chi connectivity index (χ0) is 25.1. The zero-order valence-electron chi connectivity index (χ0n) is 19.4. The maximum Gasteiger partial charge on any atom is 0.315 e.